The van der Waals surface area contributed by atoms with Crippen LogP contribution < -0.4 is 28.4 Å². The van der Waals surface area contributed by atoms with Crippen molar-refractivity contribution >= 4 is 35.8 Å². The zero-order valence-corrected chi connectivity index (χ0v) is 54.4. The van der Waals surface area contributed by atoms with Crippen LogP contribution in [0.5, 0.6) is 46.0 Å². The van der Waals surface area contributed by atoms with Gasteiger partial charge in [-0.05, 0) is 228 Å². The fourth-order valence-electron chi connectivity index (χ4n) is 10.9. The van der Waals surface area contributed by atoms with Crippen LogP contribution in [-0.2, 0) is 82.9 Å². The largest absolute Gasteiger partial charge is 0.508 e. The molecule has 20 nitrogen and oxygen atoms in total. The highest BCUT2D eigenvalue weighted by molar-refractivity contribution is 5.78. The summed E-state index contributed by atoms with van der Waals surface area (Å²) in [5.41, 5.74) is 10.0. The Morgan fingerprint density at radius 2 is 0.406 bits per heavy atom. The quantitative estimate of drug-likeness (QED) is 0.0421. The van der Waals surface area contributed by atoms with Gasteiger partial charge >= 0.3 is 35.8 Å². The fourth-order valence-corrected chi connectivity index (χ4v) is 10.9. The highest BCUT2D eigenvalue weighted by Crippen LogP contribution is 2.41. The smallest absolute Gasteiger partial charge is 0.344 e. The van der Waals surface area contributed by atoms with E-state index in [0.29, 0.717) is 124 Å². The average Bonchev–Trinajstić information content (AvgIpc) is 0.814. The van der Waals surface area contributed by atoms with Gasteiger partial charge in [-0.1, -0.05) is 48.5 Å². The molecular weight excluding hydrogens is 1230 g/mol. The van der Waals surface area contributed by atoms with Crippen LogP contribution in [0, 0.1) is 0 Å². The summed E-state index contributed by atoms with van der Waals surface area (Å²) in [5.74, 6) is -1.53. The monoisotopic (exact) mass is 1310 g/mol. The van der Waals surface area contributed by atoms with Gasteiger partial charge in [0.05, 0.1) is 39.6 Å². The van der Waals surface area contributed by atoms with Crippen LogP contribution in [0.4, 0.5) is 0 Å². The molecule has 2 N–H and O–H groups in total. The molecule has 1 aliphatic rings. The summed E-state index contributed by atoms with van der Waals surface area (Å²) in [6.45, 7) is 8.55. The maximum Gasteiger partial charge on any atom is 0.344 e. The van der Waals surface area contributed by atoms with Crippen LogP contribution in [0.3, 0.4) is 0 Å². The lowest BCUT2D eigenvalue weighted by Crippen LogP contribution is -2.16. The number of phenols is 2. The van der Waals surface area contributed by atoms with Gasteiger partial charge in [0.2, 0.25) is 0 Å². The molecule has 8 aromatic carbocycles. The first kappa shape index (κ1) is 69.3. The Morgan fingerprint density at radius 1 is 0.250 bits per heavy atom. The molecule has 0 aromatic heterocycles. The van der Waals surface area contributed by atoms with E-state index in [1.54, 1.807) is 102 Å². The van der Waals surface area contributed by atoms with Crippen LogP contribution in [0.1, 0.15) is 86.1 Å². The molecular formula is C76H76O20. The van der Waals surface area contributed by atoms with Crippen molar-refractivity contribution in [3.05, 3.63) is 190 Å². The third-order valence-corrected chi connectivity index (χ3v) is 15.3. The van der Waals surface area contributed by atoms with E-state index in [9.17, 15) is 39.0 Å². The maximum absolute atomic E-state index is 12.9. The standard InChI is InChI=1S/C76H76O20/c1-7-85-71(79)41-91-65-23-15-49-31-57(65)37-55-29-47(13-21-63(55)77)48-14-22-64(78)56(30-48)38-58-32-50(16-24-66(58)92-42-72(80)86-8-2)52-18-26-68(94-44-74(82)88-10-4)60(34-52)40-62-36-54(20-28-70(62)96-46-76(84)90-12-6)53-19-27-69(95-45-75(83)89-11-5)61(35-53)39-59-33-51(49)17-25-67(59)93-43-73(81)87-9-3/h13-36,77-78H,7-12,37-46H2,1-6H3. The minimum absolute atomic E-state index is 0.0239. The number of aromatic hydroxyl groups is 2. The van der Waals surface area contributed by atoms with E-state index in [1.807, 2.05) is 84.9 Å². The molecule has 96 heavy (non-hydrogen) atoms. The van der Waals surface area contributed by atoms with E-state index in [0.717, 1.165) is 0 Å². The van der Waals surface area contributed by atoms with Crippen molar-refractivity contribution in [1.29, 1.82) is 0 Å². The summed E-state index contributed by atoms with van der Waals surface area (Å²) in [6, 6.07) is 43.2. The van der Waals surface area contributed by atoms with Gasteiger partial charge in [0, 0.05) is 25.7 Å². The lowest BCUT2D eigenvalue weighted by atomic mass is 9.91. The molecule has 8 aromatic rings. The van der Waals surface area contributed by atoms with Gasteiger partial charge in [0.1, 0.15) is 46.0 Å². The Bertz CT molecular complexity index is 3850. The van der Waals surface area contributed by atoms with Crippen molar-refractivity contribution in [2.45, 2.75) is 67.2 Å². The molecule has 0 aliphatic heterocycles. The van der Waals surface area contributed by atoms with Crippen molar-refractivity contribution < 1.29 is 95.8 Å². The second-order valence-corrected chi connectivity index (χ2v) is 21.9. The molecule has 0 saturated heterocycles. The number of carbonyl (C=O) groups excluding carboxylic acids is 6. The number of rotatable bonds is 24. The van der Waals surface area contributed by atoms with E-state index in [2.05, 4.69) is 0 Å². The zero-order chi connectivity index (χ0) is 68.1. The normalized spacial score (nSPS) is 11.5. The average molecular weight is 1310 g/mol. The number of hydrogen-bond donors (Lipinski definition) is 2. The molecule has 20 heteroatoms. The first-order valence-corrected chi connectivity index (χ1v) is 31.7. The van der Waals surface area contributed by atoms with Crippen molar-refractivity contribution in [1.82, 2.24) is 0 Å². The lowest BCUT2D eigenvalue weighted by Gasteiger charge is -2.19. The predicted molar refractivity (Wildman–Crippen MR) is 355 cm³/mol. The van der Waals surface area contributed by atoms with Gasteiger partial charge < -0.3 is 67.1 Å². The summed E-state index contributed by atoms with van der Waals surface area (Å²) in [4.78, 5) is 77.2. The molecule has 16 bridgehead atoms. The molecule has 0 heterocycles. The predicted octanol–water partition coefficient (Wildman–Crippen LogP) is 12.1. The number of fused-ring (bicyclic) bond motifs is 20. The molecule has 9 rings (SSSR count). The summed E-state index contributed by atoms with van der Waals surface area (Å²) in [6.07, 6.45) is 0.416. The second-order valence-electron chi connectivity index (χ2n) is 21.9. The number of benzene rings is 8. The van der Waals surface area contributed by atoms with Crippen LogP contribution in [-0.4, -0.2) is 125 Å². The molecule has 0 spiro atoms. The van der Waals surface area contributed by atoms with E-state index in [-0.39, 0.29) is 76.8 Å². The van der Waals surface area contributed by atoms with Crippen molar-refractivity contribution in [2.75, 3.05) is 79.3 Å². The lowest BCUT2D eigenvalue weighted by molar-refractivity contribution is -0.146. The number of phenolic OH excluding ortho intramolecular Hbond substituents is 2. The van der Waals surface area contributed by atoms with Crippen LogP contribution in [0.2, 0.25) is 0 Å². The van der Waals surface area contributed by atoms with E-state index in [4.69, 9.17) is 56.8 Å². The van der Waals surface area contributed by atoms with E-state index in [1.165, 1.54) is 0 Å². The number of carbonyl (C=O) groups is 6. The van der Waals surface area contributed by atoms with Crippen molar-refractivity contribution in [3.8, 4) is 90.5 Å². The Labute approximate surface area is 556 Å². The third kappa shape index (κ3) is 18.6. The number of ether oxygens (including phenoxy) is 12. The second kappa shape index (κ2) is 33.7. The van der Waals surface area contributed by atoms with Gasteiger partial charge in [-0.15, -0.1) is 0 Å². The highest BCUT2D eigenvalue weighted by Gasteiger charge is 2.23. The minimum atomic E-state index is -0.591. The Hall–Kier alpha value is -11.0. The Balaban J connectivity index is 1.28. The van der Waals surface area contributed by atoms with Crippen LogP contribution in [0.25, 0.3) is 44.5 Å². The molecule has 0 saturated carbocycles. The zero-order valence-electron chi connectivity index (χ0n) is 54.4. The Kier molecular flexibility index (Phi) is 24.3. The first-order chi connectivity index (χ1) is 46.5. The summed E-state index contributed by atoms with van der Waals surface area (Å²) >= 11 is 0. The number of esters is 6. The molecule has 1 aliphatic carbocycles. The Morgan fingerprint density at radius 3 is 0.583 bits per heavy atom. The molecule has 0 atom stereocenters. The van der Waals surface area contributed by atoms with Gasteiger partial charge in [0.25, 0.3) is 0 Å². The van der Waals surface area contributed by atoms with Gasteiger partial charge in [-0.2, -0.15) is 0 Å². The SMILES string of the molecule is CCOC(=O)COc1ccc2cc1Cc1cc(ccc1O)-c1ccc(O)c(c1)Cc1cc(ccc1OCC(=O)OCC)-c1ccc(OCC(=O)OCC)c(c1)Cc1cc(ccc1OCC(=O)OCC)-c1ccc(OCC(=O)OCC)c(c1)Cc1cc-2ccc1OCC(=O)OCC. The van der Waals surface area contributed by atoms with Gasteiger partial charge in [-0.3, -0.25) is 0 Å². The summed E-state index contributed by atoms with van der Waals surface area (Å²) in [7, 11) is 0. The fraction of sp³-hybridized carbons (Fsp3) is 0.289. The van der Waals surface area contributed by atoms with Crippen molar-refractivity contribution in [3.63, 3.8) is 0 Å². The van der Waals surface area contributed by atoms with E-state index >= 15 is 0 Å². The van der Waals surface area contributed by atoms with Crippen LogP contribution in [0.15, 0.2) is 146 Å². The van der Waals surface area contributed by atoms with Gasteiger partial charge in [-0.25, -0.2) is 28.8 Å². The molecule has 0 amide bonds. The molecule has 500 valence electrons. The van der Waals surface area contributed by atoms with Crippen LogP contribution >= 0.6 is 0 Å². The summed E-state index contributed by atoms with van der Waals surface area (Å²) in [5, 5.41) is 23.3. The number of hydrogen-bond acceptors (Lipinski definition) is 20. The topological polar surface area (TPSA) is 254 Å². The van der Waals surface area contributed by atoms with Crippen molar-refractivity contribution in [2.24, 2.45) is 0 Å². The maximum atomic E-state index is 12.9. The molecule has 0 fully saturated rings. The third-order valence-electron chi connectivity index (χ3n) is 15.3. The van der Waals surface area contributed by atoms with Gasteiger partial charge in [0.15, 0.2) is 39.6 Å². The van der Waals surface area contributed by atoms with E-state index < -0.39 is 75.5 Å². The highest BCUT2D eigenvalue weighted by atomic mass is 16.6. The minimum Gasteiger partial charge on any atom is -0.508 e. The first-order valence-electron chi connectivity index (χ1n) is 31.7. The summed E-state index contributed by atoms with van der Waals surface area (Å²) < 4.78 is 68.8. The molecule has 0 unspecified atom stereocenters. The molecule has 0 radical (unpaired) electrons.